The van der Waals surface area contributed by atoms with Crippen LogP contribution in [0.3, 0.4) is 0 Å². The van der Waals surface area contributed by atoms with Crippen molar-refractivity contribution in [1.82, 2.24) is 4.57 Å². The van der Waals surface area contributed by atoms with E-state index < -0.39 is 0 Å². The quantitative estimate of drug-likeness (QED) is 0.164. The summed E-state index contributed by atoms with van der Waals surface area (Å²) in [6.07, 6.45) is 1.95. The van der Waals surface area contributed by atoms with Gasteiger partial charge in [0.15, 0.2) is 0 Å². The lowest BCUT2D eigenvalue weighted by Gasteiger charge is -2.42. The van der Waals surface area contributed by atoms with E-state index in [1.807, 2.05) is 17.6 Å². The van der Waals surface area contributed by atoms with Crippen LogP contribution < -0.4 is 15.7 Å². The highest BCUT2D eigenvalue weighted by Crippen LogP contribution is 2.48. The lowest BCUT2D eigenvalue weighted by atomic mass is 9.44. The largest absolute Gasteiger partial charge is 0.464 e. The summed E-state index contributed by atoms with van der Waals surface area (Å²) >= 11 is 1.89. The van der Waals surface area contributed by atoms with Gasteiger partial charge in [0, 0.05) is 64.5 Å². The summed E-state index contributed by atoms with van der Waals surface area (Å²) in [6.45, 7) is 13.7. The molecule has 0 N–H and O–H groups in total. The molecule has 0 fully saturated rings. The Morgan fingerprint density at radius 3 is 2.09 bits per heavy atom. The van der Waals surface area contributed by atoms with Gasteiger partial charge in [-0.05, 0) is 98.6 Å². The Bertz CT molecular complexity index is 3320. The molecule has 3 aromatic heterocycles. The molecule has 0 aliphatic carbocycles. The van der Waals surface area contributed by atoms with E-state index in [4.69, 9.17) is 4.42 Å². The maximum Gasteiger partial charge on any atom is 0.333 e. The fraction of sp³-hybridized carbons (Fsp3) is 0.154. The van der Waals surface area contributed by atoms with Gasteiger partial charge in [-0.15, -0.1) is 11.3 Å². The molecule has 274 valence electrons. The van der Waals surface area contributed by atoms with Crippen molar-refractivity contribution in [3.63, 3.8) is 0 Å². The van der Waals surface area contributed by atoms with Gasteiger partial charge in [-0.25, -0.2) is 0 Å². The van der Waals surface area contributed by atoms with E-state index in [1.54, 1.807) is 0 Å². The molecule has 2 aliphatic rings. The second kappa shape index (κ2) is 11.3. The van der Waals surface area contributed by atoms with Gasteiger partial charge >= 0.3 is 6.85 Å². The number of anilines is 2. The normalized spacial score (nSPS) is 13.7. The summed E-state index contributed by atoms with van der Waals surface area (Å²) in [5, 5.41) is 6.36. The van der Waals surface area contributed by atoms with Crippen LogP contribution in [-0.2, 0) is 10.8 Å². The molecular formula is C52H41BN2OS. The topological polar surface area (TPSA) is 21.3 Å². The summed E-state index contributed by atoms with van der Waals surface area (Å²) in [4.78, 5) is 2.62. The molecule has 0 radical (unpaired) electrons. The molecule has 0 saturated carbocycles. The first kappa shape index (κ1) is 33.1. The molecule has 0 unspecified atom stereocenters. The van der Waals surface area contributed by atoms with Crippen molar-refractivity contribution in [3.05, 3.63) is 151 Å². The van der Waals surface area contributed by atoms with Crippen molar-refractivity contribution in [3.8, 4) is 27.9 Å². The van der Waals surface area contributed by atoms with E-state index in [-0.39, 0.29) is 17.7 Å². The number of furan rings is 1. The van der Waals surface area contributed by atoms with Crippen molar-refractivity contribution in [2.75, 3.05) is 4.81 Å². The Hall–Kier alpha value is -6.04. The molecule has 2 aliphatic heterocycles. The molecule has 10 aromatic rings. The average molecular weight is 753 g/mol. The zero-order valence-corrected chi connectivity index (χ0v) is 33.9. The van der Waals surface area contributed by atoms with Gasteiger partial charge in [0.05, 0.1) is 17.3 Å². The second-order valence-electron chi connectivity index (χ2n) is 18.2. The number of aromatic nitrogens is 1. The summed E-state index contributed by atoms with van der Waals surface area (Å²) in [5.74, 6) is 0. The molecule has 12 rings (SSSR count). The Morgan fingerprint density at radius 1 is 0.544 bits per heavy atom. The van der Waals surface area contributed by atoms with Crippen LogP contribution in [-0.4, -0.2) is 11.4 Å². The van der Waals surface area contributed by atoms with E-state index in [9.17, 15) is 0 Å². The summed E-state index contributed by atoms with van der Waals surface area (Å²) < 4.78 is 11.8. The van der Waals surface area contributed by atoms with Crippen LogP contribution in [0.25, 0.3) is 80.9 Å². The van der Waals surface area contributed by atoms with Gasteiger partial charge in [-0.3, -0.25) is 0 Å². The third-order valence-corrected chi connectivity index (χ3v) is 13.9. The van der Waals surface area contributed by atoms with Crippen LogP contribution in [0, 0.1) is 0 Å². The van der Waals surface area contributed by atoms with Crippen LogP contribution in [0.1, 0.15) is 52.7 Å². The van der Waals surface area contributed by atoms with Crippen LogP contribution in [0.2, 0.25) is 0 Å². The first-order valence-electron chi connectivity index (χ1n) is 20.1. The molecule has 0 saturated heterocycles. The van der Waals surface area contributed by atoms with Crippen molar-refractivity contribution in [1.29, 1.82) is 0 Å². The zero-order valence-electron chi connectivity index (χ0n) is 33.1. The minimum Gasteiger partial charge on any atom is -0.464 e. The third-order valence-electron chi connectivity index (χ3n) is 12.8. The number of benzene rings is 7. The van der Waals surface area contributed by atoms with Gasteiger partial charge in [-0.2, -0.15) is 0 Å². The van der Waals surface area contributed by atoms with Gasteiger partial charge < -0.3 is 13.8 Å². The van der Waals surface area contributed by atoms with Gasteiger partial charge in [0.25, 0.3) is 0 Å². The highest BCUT2D eigenvalue weighted by atomic mass is 32.1. The highest BCUT2D eigenvalue weighted by Gasteiger charge is 2.44. The molecule has 5 heteroatoms. The number of nitrogens with zero attached hydrogens (tertiary/aromatic N) is 2. The first-order chi connectivity index (χ1) is 27.5. The average Bonchev–Trinajstić information content (AvgIpc) is 3.89. The predicted molar refractivity (Wildman–Crippen MR) is 245 cm³/mol. The summed E-state index contributed by atoms with van der Waals surface area (Å²) in [5.41, 5.74) is 17.3. The van der Waals surface area contributed by atoms with E-state index in [2.05, 4.69) is 184 Å². The standard InChI is InChI=1S/C52H41BN2OS/c1-51(2,3)31-16-19-33(20-17-31)55-43-23-18-32(52(4,5)6)24-37(43)35-21-22-36-38-27-48-40(34-14-10-11-15-47(34)57-48)26-44(38)54-45-25-39-41(30-12-8-7-9-13-30)29-56-46(39)28-42(45)53(55)49(35)50(36)54/h7-29H,1-6H3. The number of hydrogen-bond acceptors (Lipinski definition) is 3. The van der Waals surface area contributed by atoms with Gasteiger partial charge in [0.1, 0.15) is 5.58 Å². The van der Waals surface area contributed by atoms with E-state index in [0.29, 0.717) is 0 Å². The first-order valence-corrected chi connectivity index (χ1v) is 20.9. The molecular weight excluding hydrogens is 711 g/mol. The number of rotatable bonds is 2. The summed E-state index contributed by atoms with van der Waals surface area (Å²) in [6, 6.07) is 50.5. The third kappa shape index (κ3) is 4.61. The number of thiophene rings is 1. The van der Waals surface area contributed by atoms with Crippen LogP contribution in [0.5, 0.6) is 0 Å². The van der Waals surface area contributed by atoms with Crippen LogP contribution in [0.15, 0.2) is 144 Å². The molecule has 0 atom stereocenters. The Labute approximate surface area is 336 Å². The fourth-order valence-corrected chi connectivity index (χ4v) is 11.0. The van der Waals surface area contributed by atoms with E-state index >= 15 is 0 Å². The van der Waals surface area contributed by atoms with Crippen molar-refractivity contribution >= 4 is 93.4 Å². The maximum absolute atomic E-state index is 6.53. The van der Waals surface area contributed by atoms with Crippen LogP contribution >= 0.6 is 11.3 Å². The smallest absolute Gasteiger partial charge is 0.333 e. The number of hydrogen-bond donors (Lipinski definition) is 0. The minimum atomic E-state index is -0.0828. The van der Waals surface area contributed by atoms with Crippen molar-refractivity contribution < 1.29 is 4.42 Å². The lowest BCUT2D eigenvalue weighted by Crippen LogP contribution is -2.60. The Balaban J connectivity index is 1.24. The number of fused-ring (bicyclic) bond motifs is 12. The molecule has 5 heterocycles. The highest BCUT2D eigenvalue weighted by molar-refractivity contribution is 7.25. The molecule has 7 aromatic carbocycles. The second-order valence-corrected chi connectivity index (χ2v) is 19.3. The van der Waals surface area contributed by atoms with Crippen LogP contribution in [0.4, 0.5) is 11.4 Å². The van der Waals surface area contributed by atoms with Gasteiger partial charge in [-0.1, -0.05) is 120 Å². The molecule has 0 spiro atoms. The van der Waals surface area contributed by atoms with E-state index in [1.165, 1.54) is 92.2 Å². The van der Waals surface area contributed by atoms with Gasteiger partial charge in [0.2, 0.25) is 0 Å². The Kier molecular flexibility index (Phi) is 6.57. The Morgan fingerprint density at radius 2 is 1.30 bits per heavy atom. The zero-order chi connectivity index (χ0) is 38.5. The fourth-order valence-electron chi connectivity index (χ4n) is 9.84. The summed E-state index contributed by atoms with van der Waals surface area (Å²) in [7, 11) is 0. The molecule has 0 amide bonds. The lowest BCUT2D eigenvalue weighted by molar-refractivity contribution is 0.590. The maximum atomic E-state index is 6.53. The predicted octanol–water partition coefficient (Wildman–Crippen LogP) is 13.4. The van der Waals surface area contributed by atoms with E-state index in [0.717, 1.165) is 22.1 Å². The molecule has 0 bridgehead atoms. The monoisotopic (exact) mass is 752 g/mol. The molecule has 57 heavy (non-hydrogen) atoms. The SMILES string of the molecule is CC(C)(C)c1ccc(N2B3c4cc5occ(-c6ccccc6)c5cc4-n4c5cc6c(cc5c5ccc(c3c54)-c3cc(C(C)(C)C)ccc32)sc2ccccc26)cc1. The molecule has 3 nitrogen and oxygen atoms in total. The van der Waals surface area contributed by atoms with Crippen molar-refractivity contribution in [2.45, 2.75) is 52.4 Å². The van der Waals surface area contributed by atoms with Crippen molar-refractivity contribution in [2.24, 2.45) is 0 Å². The minimum absolute atomic E-state index is 0.00374.